The van der Waals surface area contributed by atoms with E-state index in [2.05, 4.69) is 62.2 Å². The number of nitrogens with one attached hydrogen (secondary N) is 2. The van der Waals surface area contributed by atoms with Gasteiger partial charge in [-0.1, -0.05) is 97.6 Å². The van der Waals surface area contributed by atoms with Crippen LogP contribution in [-0.2, 0) is 6.54 Å². The van der Waals surface area contributed by atoms with E-state index in [0.717, 1.165) is 34.2 Å². The minimum Gasteiger partial charge on any atom is -0.281 e. The Morgan fingerprint density at radius 1 is 1.05 bits per heavy atom. The van der Waals surface area contributed by atoms with Crippen molar-refractivity contribution in [1.29, 1.82) is 0 Å². The number of carbonyl (C=O) groups is 1. The number of hydrogen-bond donors (Lipinski definition) is 2. The number of tetrazole rings is 1. The van der Waals surface area contributed by atoms with Gasteiger partial charge >= 0.3 is 0 Å². The molecular formula is C28H27N7OS. The molecule has 0 radical (unpaired) electrons. The Bertz CT molecular complexity index is 1430. The molecule has 0 saturated carbocycles. The van der Waals surface area contributed by atoms with Crippen molar-refractivity contribution in [2.24, 2.45) is 4.99 Å². The third-order valence-electron chi connectivity index (χ3n) is 6.00. The topological polar surface area (TPSA) is 99.2 Å². The van der Waals surface area contributed by atoms with Crippen molar-refractivity contribution in [3.05, 3.63) is 95.6 Å². The van der Waals surface area contributed by atoms with Crippen molar-refractivity contribution in [2.45, 2.75) is 32.2 Å². The second kappa shape index (κ2) is 11.3. The number of amides is 1. The predicted molar refractivity (Wildman–Crippen MR) is 148 cm³/mol. The fraction of sp³-hybridized carbons (Fsp3) is 0.179. The first-order chi connectivity index (χ1) is 18.2. The van der Waals surface area contributed by atoms with Crippen LogP contribution in [0.2, 0.25) is 0 Å². The van der Waals surface area contributed by atoms with Gasteiger partial charge in [-0.2, -0.15) is 10.2 Å². The zero-order chi connectivity index (χ0) is 25.6. The monoisotopic (exact) mass is 509 g/mol. The quantitative estimate of drug-likeness (QED) is 0.337. The maximum Gasteiger partial charge on any atom is 0.280 e. The van der Waals surface area contributed by atoms with E-state index in [-0.39, 0.29) is 11.3 Å². The van der Waals surface area contributed by atoms with Gasteiger partial charge in [-0.3, -0.25) is 9.80 Å². The molecule has 8 nitrogen and oxygen atoms in total. The molecule has 1 aliphatic rings. The van der Waals surface area contributed by atoms with Gasteiger partial charge in [0.25, 0.3) is 5.91 Å². The molecule has 1 unspecified atom stereocenters. The summed E-state index contributed by atoms with van der Waals surface area (Å²) in [4.78, 5) is 17.6. The van der Waals surface area contributed by atoms with Crippen LogP contribution in [0.25, 0.3) is 28.6 Å². The number of allylic oxidation sites excluding steroid dienone is 1. The van der Waals surface area contributed by atoms with Crippen LogP contribution in [0, 0.1) is 0 Å². The summed E-state index contributed by atoms with van der Waals surface area (Å²) in [6.07, 6.45) is 4.77. The highest BCUT2D eigenvalue weighted by Crippen LogP contribution is 2.31. The minimum absolute atomic E-state index is 0.165. The number of hydrogen-bond acceptors (Lipinski definition) is 6. The fourth-order valence-electron chi connectivity index (χ4n) is 4.16. The molecule has 0 spiro atoms. The number of amidine groups is 1. The average molecular weight is 510 g/mol. The van der Waals surface area contributed by atoms with Crippen molar-refractivity contribution in [3.63, 3.8) is 0 Å². The van der Waals surface area contributed by atoms with E-state index in [1.165, 1.54) is 0 Å². The third kappa shape index (κ3) is 5.52. The first kappa shape index (κ1) is 24.6. The highest BCUT2D eigenvalue weighted by Gasteiger charge is 2.28. The molecule has 1 saturated heterocycles. The van der Waals surface area contributed by atoms with E-state index in [9.17, 15) is 4.79 Å². The number of benzene rings is 3. The SMILES string of the molecule is CC=Cc1ccccc1C(=O)N=C1SC(CC)NN1Cc1ccc(-c2ccccc2-c2nn[nH]n2)cc1. The zero-order valence-corrected chi connectivity index (χ0v) is 21.4. The second-order valence-corrected chi connectivity index (χ2v) is 9.66. The second-order valence-electron chi connectivity index (χ2n) is 8.49. The zero-order valence-electron chi connectivity index (χ0n) is 20.6. The Labute approximate surface area is 219 Å². The number of aromatic nitrogens is 4. The molecule has 37 heavy (non-hydrogen) atoms. The number of carbonyl (C=O) groups excluding carboxylic acids is 1. The molecule has 1 fully saturated rings. The molecule has 1 aliphatic heterocycles. The lowest BCUT2D eigenvalue weighted by molar-refractivity contribution is 0.100. The first-order valence-corrected chi connectivity index (χ1v) is 13.0. The molecular weight excluding hydrogens is 482 g/mol. The van der Waals surface area contributed by atoms with Crippen molar-refractivity contribution < 1.29 is 4.79 Å². The summed E-state index contributed by atoms with van der Waals surface area (Å²) in [6, 6.07) is 23.9. The van der Waals surface area contributed by atoms with Gasteiger partial charge < -0.3 is 0 Å². The van der Waals surface area contributed by atoms with Crippen LogP contribution < -0.4 is 5.43 Å². The number of aliphatic imine (C=N–C) groups is 1. The summed E-state index contributed by atoms with van der Waals surface area (Å²) in [5, 5.41) is 17.3. The van der Waals surface area contributed by atoms with E-state index < -0.39 is 0 Å². The number of nitrogens with zero attached hydrogens (tertiary/aromatic N) is 5. The van der Waals surface area contributed by atoms with Crippen LogP contribution in [0.1, 0.15) is 41.8 Å². The molecule has 9 heteroatoms. The molecule has 3 aromatic carbocycles. The summed E-state index contributed by atoms with van der Waals surface area (Å²) < 4.78 is 0. The number of rotatable bonds is 7. The number of H-pyrrole nitrogens is 1. The van der Waals surface area contributed by atoms with Gasteiger partial charge in [0.15, 0.2) is 5.17 Å². The molecule has 186 valence electrons. The van der Waals surface area contributed by atoms with Crippen LogP contribution in [-0.4, -0.2) is 42.1 Å². The Morgan fingerprint density at radius 2 is 1.81 bits per heavy atom. The molecule has 1 aromatic heterocycles. The summed E-state index contributed by atoms with van der Waals surface area (Å²) in [5.41, 5.74) is 9.05. The van der Waals surface area contributed by atoms with E-state index in [1.54, 1.807) is 11.8 Å². The van der Waals surface area contributed by atoms with Crippen LogP contribution in [0.4, 0.5) is 0 Å². The highest BCUT2D eigenvalue weighted by atomic mass is 32.2. The summed E-state index contributed by atoms with van der Waals surface area (Å²) in [6.45, 7) is 4.64. The van der Waals surface area contributed by atoms with Crippen LogP contribution in [0.5, 0.6) is 0 Å². The van der Waals surface area contributed by atoms with Crippen LogP contribution >= 0.6 is 11.8 Å². The van der Waals surface area contributed by atoms with E-state index in [0.29, 0.717) is 23.1 Å². The van der Waals surface area contributed by atoms with Gasteiger partial charge in [-0.05, 0) is 46.9 Å². The van der Waals surface area contributed by atoms with Crippen LogP contribution in [0.3, 0.4) is 0 Å². The Kier molecular flexibility index (Phi) is 7.53. The minimum atomic E-state index is -0.242. The number of thioether (sulfide) groups is 1. The molecule has 4 aromatic rings. The largest absolute Gasteiger partial charge is 0.281 e. The summed E-state index contributed by atoms with van der Waals surface area (Å²) in [5.74, 6) is 0.318. The summed E-state index contributed by atoms with van der Waals surface area (Å²) >= 11 is 1.58. The third-order valence-corrected chi connectivity index (χ3v) is 7.25. The van der Waals surface area contributed by atoms with E-state index in [4.69, 9.17) is 0 Å². The molecule has 0 aliphatic carbocycles. The van der Waals surface area contributed by atoms with Crippen molar-refractivity contribution >= 4 is 28.9 Å². The van der Waals surface area contributed by atoms with Crippen molar-refractivity contribution in [2.75, 3.05) is 0 Å². The van der Waals surface area contributed by atoms with Gasteiger partial charge in [-0.25, -0.2) is 5.43 Å². The Balaban J connectivity index is 1.37. The van der Waals surface area contributed by atoms with E-state index >= 15 is 0 Å². The summed E-state index contributed by atoms with van der Waals surface area (Å²) in [7, 11) is 0. The van der Waals surface area contributed by atoms with Gasteiger partial charge in [0.2, 0.25) is 5.82 Å². The molecule has 1 amide bonds. The van der Waals surface area contributed by atoms with E-state index in [1.807, 2.05) is 72.6 Å². The lowest BCUT2D eigenvalue weighted by atomic mass is 9.98. The maximum atomic E-state index is 13.1. The average Bonchev–Trinajstić information content (AvgIpc) is 3.60. The van der Waals surface area contributed by atoms with Gasteiger partial charge in [-0.15, -0.1) is 10.2 Å². The molecule has 5 rings (SSSR count). The number of aromatic amines is 1. The lowest BCUT2D eigenvalue weighted by Gasteiger charge is -2.19. The normalized spacial score (nSPS) is 16.6. The number of hydrazine groups is 1. The highest BCUT2D eigenvalue weighted by molar-refractivity contribution is 8.14. The van der Waals surface area contributed by atoms with Crippen LogP contribution in [0.15, 0.2) is 83.9 Å². The maximum absolute atomic E-state index is 13.1. The fourth-order valence-corrected chi connectivity index (χ4v) is 5.14. The van der Waals surface area contributed by atoms with Gasteiger partial charge in [0, 0.05) is 11.1 Å². The Hall–Kier alpha value is -4.08. The molecule has 0 bridgehead atoms. The Morgan fingerprint density at radius 3 is 2.54 bits per heavy atom. The first-order valence-electron chi connectivity index (χ1n) is 12.1. The van der Waals surface area contributed by atoms with Crippen molar-refractivity contribution in [3.8, 4) is 22.5 Å². The standard InChI is InChI=1S/C28H27N7OS/c1-3-9-20-10-5-6-12-23(20)27(36)29-28-35(32-25(4-2)37-28)18-19-14-16-21(17-15-19)22-11-7-8-13-24(22)26-30-33-34-31-26/h3,5-17,25,32H,4,18H2,1-2H3,(H,30,31,33,34). The molecule has 1 atom stereocenters. The predicted octanol–water partition coefficient (Wildman–Crippen LogP) is 5.55. The smallest absolute Gasteiger partial charge is 0.280 e. The molecule has 2 heterocycles. The van der Waals surface area contributed by atoms with Crippen molar-refractivity contribution in [1.82, 2.24) is 31.1 Å². The lowest BCUT2D eigenvalue weighted by Crippen LogP contribution is -2.37. The molecule has 2 N–H and O–H groups in total. The van der Waals surface area contributed by atoms with Gasteiger partial charge in [0.1, 0.15) is 0 Å². The van der Waals surface area contributed by atoms with Gasteiger partial charge in [0.05, 0.1) is 11.9 Å².